The fourth-order valence-corrected chi connectivity index (χ4v) is 2.77. The zero-order chi connectivity index (χ0) is 13.0. The average Bonchev–Trinajstić information content (AvgIpc) is 2.88. The number of nitrogens with two attached hydrogens (primary N) is 1. The van der Waals surface area contributed by atoms with Crippen LogP contribution >= 0.6 is 0 Å². The molecule has 104 valence electrons. The van der Waals surface area contributed by atoms with Crippen LogP contribution in [0.1, 0.15) is 26.2 Å². The first-order valence-corrected chi connectivity index (χ1v) is 7.11. The topological polar surface area (TPSA) is 58.8 Å². The maximum absolute atomic E-state index is 12.3. The molecule has 2 atom stereocenters. The standard InChI is InChI=1S/C13H25N3O2/c1-2-5-15-6-8-16(9-7-15)13(17)12-4-3-11(10-14)18-12/h11-12H,2-10,14H2,1H3. The molecule has 0 radical (unpaired) electrons. The first-order valence-electron chi connectivity index (χ1n) is 7.11. The molecule has 18 heavy (non-hydrogen) atoms. The third kappa shape index (κ3) is 3.22. The van der Waals surface area contributed by atoms with Crippen LogP contribution in [0.25, 0.3) is 0 Å². The number of hydrogen-bond donors (Lipinski definition) is 1. The molecule has 0 aromatic rings. The van der Waals surface area contributed by atoms with Gasteiger partial charge in [-0.1, -0.05) is 6.92 Å². The molecule has 2 N–H and O–H groups in total. The van der Waals surface area contributed by atoms with E-state index in [1.54, 1.807) is 0 Å². The van der Waals surface area contributed by atoms with E-state index in [0.29, 0.717) is 6.54 Å². The van der Waals surface area contributed by atoms with Gasteiger partial charge in [-0.2, -0.15) is 0 Å². The van der Waals surface area contributed by atoms with Gasteiger partial charge in [-0.25, -0.2) is 0 Å². The van der Waals surface area contributed by atoms with Gasteiger partial charge in [0, 0.05) is 32.7 Å². The summed E-state index contributed by atoms with van der Waals surface area (Å²) in [6, 6.07) is 0. The van der Waals surface area contributed by atoms with Gasteiger partial charge in [-0.15, -0.1) is 0 Å². The third-order valence-corrected chi connectivity index (χ3v) is 3.87. The van der Waals surface area contributed by atoms with Crippen LogP contribution in [0.3, 0.4) is 0 Å². The molecule has 0 aromatic heterocycles. The number of carbonyl (C=O) groups excluding carboxylic acids is 1. The molecule has 2 rings (SSSR count). The molecule has 0 saturated carbocycles. The molecular formula is C13H25N3O2. The van der Waals surface area contributed by atoms with Crippen molar-refractivity contribution >= 4 is 5.91 Å². The Balaban J connectivity index is 1.77. The van der Waals surface area contributed by atoms with Crippen molar-refractivity contribution in [2.75, 3.05) is 39.3 Å². The second-order valence-corrected chi connectivity index (χ2v) is 5.23. The largest absolute Gasteiger partial charge is 0.364 e. The van der Waals surface area contributed by atoms with Gasteiger partial charge >= 0.3 is 0 Å². The van der Waals surface area contributed by atoms with Gasteiger partial charge in [0.05, 0.1) is 6.10 Å². The number of rotatable bonds is 4. The van der Waals surface area contributed by atoms with Gasteiger partial charge in [0.2, 0.25) is 0 Å². The molecule has 2 aliphatic heterocycles. The quantitative estimate of drug-likeness (QED) is 0.771. The van der Waals surface area contributed by atoms with Crippen molar-refractivity contribution in [3.8, 4) is 0 Å². The van der Waals surface area contributed by atoms with E-state index >= 15 is 0 Å². The summed E-state index contributed by atoms with van der Waals surface area (Å²) in [5.74, 6) is 0.169. The van der Waals surface area contributed by atoms with E-state index in [1.165, 1.54) is 6.42 Å². The molecule has 1 amide bonds. The number of carbonyl (C=O) groups is 1. The highest BCUT2D eigenvalue weighted by molar-refractivity contribution is 5.81. The average molecular weight is 255 g/mol. The van der Waals surface area contributed by atoms with Crippen LogP contribution in [0.15, 0.2) is 0 Å². The molecule has 2 heterocycles. The van der Waals surface area contributed by atoms with Crippen molar-refractivity contribution in [3.63, 3.8) is 0 Å². The SMILES string of the molecule is CCCN1CCN(C(=O)C2CCC(CN)O2)CC1. The number of hydrogen-bond acceptors (Lipinski definition) is 4. The van der Waals surface area contributed by atoms with Crippen molar-refractivity contribution in [2.45, 2.75) is 38.4 Å². The first kappa shape index (κ1) is 13.8. The van der Waals surface area contributed by atoms with Gasteiger partial charge in [-0.05, 0) is 25.8 Å². The summed E-state index contributed by atoms with van der Waals surface area (Å²) in [6.45, 7) is 7.51. The van der Waals surface area contributed by atoms with Gasteiger partial charge in [-0.3, -0.25) is 9.69 Å². The van der Waals surface area contributed by atoms with Crippen LogP contribution < -0.4 is 5.73 Å². The summed E-state index contributed by atoms with van der Waals surface area (Å²) in [6.07, 6.45) is 2.77. The van der Waals surface area contributed by atoms with Crippen LogP contribution in [-0.2, 0) is 9.53 Å². The van der Waals surface area contributed by atoms with Crippen LogP contribution in [0.5, 0.6) is 0 Å². The summed E-state index contributed by atoms with van der Waals surface area (Å²) < 4.78 is 5.67. The summed E-state index contributed by atoms with van der Waals surface area (Å²) in [7, 11) is 0. The normalized spacial score (nSPS) is 29.8. The minimum Gasteiger partial charge on any atom is -0.364 e. The fourth-order valence-electron chi connectivity index (χ4n) is 2.77. The molecule has 0 aliphatic carbocycles. The van der Waals surface area contributed by atoms with Gasteiger partial charge in [0.1, 0.15) is 6.10 Å². The van der Waals surface area contributed by atoms with Crippen molar-refractivity contribution in [1.29, 1.82) is 0 Å². The molecule has 5 nitrogen and oxygen atoms in total. The molecule has 5 heteroatoms. The van der Waals surface area contributed by atoms with Crippen molar-refractivity contribution in [2.24, 2.45) is 5.73 Å². The minimum absolute atomic E-state index is 0.0836. The predicted octanol–water partition coefficient (Wildman–Crippen LogP) is 0.0469. The summed E-state index contributed by atoms with van der Waals surface area (Å²) in [5.41, 5.74) is 5.57. The Kier molecular flexibility index (Phi) is 4.97. The van der Waals surface area contributed by atoms with Crippen LogP contribution in [0.2, 0.25) is 0 Å². The monoisotopic (exact) mass is 255 g/mol. The molecule has 2 saturated heterocycles. The van der Waals surface area contributed by atoms with Crippen LogP contribution in [0.4, 0.5) is 0 Å². The number of amides is 1. The smallest absolute Gasteiger partial charge is 0.251 e. The summed E-state index contributed by atoms with van der Waals surface area (Å²) >= 11 is 0. The van der Waals surface area contributed by atoms with Crippen molar-refractivity contribution in [3.05, 3.63) is 0 Å². The van der Waals surface area contributed by atoms with Crippen LogP contribution in [-0.4, -0.2) is 67.2 Å². The number of piperazine rings is 1. The lowest BCUT2D eigenvalue weighted by atomic mass is 10.1. The predicted molar refractivity (Wildman–Crippen MR) is 70.3 cm³/mol. The van der Waals surface area contributed by atoms with E-state index in [9.17, 15) is 4.79 Å². The zero-order valence-corrected chi connectivity index (χ0v) is 11.3. The molecule has 0 bridgehead atoms. The van der Waals surface area contributed by atoms with E-state index in [0.717, 1.165) is 45.6 Å². The minimum atomic E-state index is -0.240. The van der Waals surface area contributed by atoms with Gasteiger partial charge in [0.15, 0.2) is 0 Å². The lowest BCUT2D eigenvalue weighted by molar-refractivity contribution is -0.144. The van der Waals surface area contributed by atoms with Crippen molar-refractivity contribution in [1.82, 2.24) is 9.80 Å². The zero-order valence-electron chi connectivity index (χ0n) is 11.3. The van der Waals surface area contributed by atoms with Crippen LogP contribution in [0, 0.1) is 0 Å². The summed E-state index contributed by atoms with van der Waals surface area (Å²) in [4.78, 5) is 16.6. The molecule has 0 spiro atoms. The van der Waals surface area contributed by atoms with E-state index in [4.69, 9.17) is 10.5 Å². The molecule has 2 unspecified atom stereocenters. The third-order valence-electron chi connectivity index (χ3n) is 3.87. The van der Waals surface area contributed by atoms with E-state index in [-0.39, 0.29) is 18.1 Å². The van der Waals surface area contributed by atoms with E-state index < -0.39 is 0 Å². The maximum Gasteiger partial charge on any atom is 0.251 e. The Labute approximate surface area is 109 Å². The first-order chi connectivity index (χ1) is 8.74. The molecule has 2 aliphatic rings. The number of nitrogens with zero attached hydrogens (tertiary/aromatic N) is 2. The highest BCUT2D eigenvalue weighted by Gasteiger charge is 2.33. The lowest BCUT2D eigenvalue weighted by Crippen LogP contribution is -2.51. The highest BCUT2D eigenvalue weighted by atomic mass is 16.5. The van der Waals surface area contributed by atoms with Gasteiger partial charge in [0.25, 0.3) is 5.91 Å². The van der Waals surface area contributed by atoms with Gasteiger partial charge < -0.3 is 15.4 Å². The number of ether oxygens (including phenoxy) is 1. The summed E-state index contributed by atoms with van der Waals surface area (Å²) in [5, 5.41) is 0. The second kappa shape index (κ2) is 6.50. The molecule has 2 fully saturated rings. The highest BCUT2D eigenvalue weighted by Crippen LogP contribution is 2.21. The fraction of sp³-hybridized carbons (Fsp3) is 0.923. The molecule has 0 aromatic carbocycles. The van der Waals surface area contributed by atoms with Crippen molar-refractivity contribution < 1.29 is 9.53 Å². The Bertz CT molecular complexity index is 277. The van der Waals surface area contributed by atoms with E-state index in [2.05, 4.69) is 11.8 Å². The Morgan fingerprint density at radius 2 is 2.00 bits per heavy atom. The Hall–Kier alpha value is -0.650. The molecular weight excluding hydrogens is 230 g/mol. The Morgan fingerprint density at radius 1 is 1.28 bits per heavy atom. The maximum atomic E-state index is 12.3. The Morgan fingerprint density at radius 3 is 2.56 bits per heavy atom. The van der Waals surface area contributed by atoms with E-state index in [1.807, 2.05) is 4.90 Å². The second-order valence-electron chi connectivity index (χ2n) is 5.23. The lowest BCUT2D eigenvalue weighted by Gasteiger charge is -2.35.